The van der Waals surface area contributed by atoms with Crippen LogP contribution in [0.1, 0.15) is 23.6 Å². The molecule has 0 spiro atoms. The predicted molar refractivity (Wildman–Crippen MR) is 56.0 cm³/mol. The van der Waals surface area contributed by atoms with Gasteiger partial charge in [-0.3, -0.25) is 4.79 Å². The summed E-state index contributed by atoms with van der Waals surface area (Å²) in [4.78, 5) is 13.0. The van der Waals surface area contributed by atoms with Gasteiger partial charge in [0.1, 0.15) is 0 Å². The minimum atomic E-state index is 0.100. The zero-order valence-electron chi connectivity index (χ0n) is 8.66. The number of hydrogen-bond acceptors (Lipinski definition) is 2. The lowest BCUT2D eigenvalue weighted by Crippen LogP contribution is -2.34. The van der Waals surface area contributed by atoms with Crippen molar-refractivity contribution in [2.75, 3.05) is 6.54 Å². The number of amides is 1. The molecule has 3 heteroatoms. The fraction of sp³-hybridized carbons (Fsp3) is 0.333. The fourth-order valence-corrected chi connectivity index (χ4v) is 1.90. The second-order valence-corrected chi connectivity index (χ2v) is 3.79. The molecule has 1 aliphatic heterocycles. The highest BCUT2D eigenvalue weighted by atomic mass is 16.2. The number of hydrogen-bond donors (Lipinski definition) is 0. The molecule has 76 valence electrons. The molecule has 1 heterocycles. The van der Waals surface area contributed by atoms with Gasteiger partial charge >= 0.3 is 0 Å². The number of rotatable bonds is 0. The van der Waals surface area contributed by atoms with Crippen LogP contribution in [-0.4, -0.2) is 17.4 Å². The molecule has 0 aliphatic carbocycles. The Morgan fingerprint density at radius 1 is 1.47 bits per heavy atom. The van der Waals surface area contributed by atoms with E-state index in [9.17, 15) is 4.79 Å². The Morgan fingerprint density at radius 2 is 2.27 bits per heavy atom. The van der Waals surface area contributed by atoms with Gasteiger partial charge in [-0.15, -0.1) is 0 Å². The summed E-state index contributed by atoms with van der Waals surface area (Å²) in [5.41, 5.74) is 3.03. The van der Waals surface area contributed by atoms with Gasteiger partial charge in [-0.05, 0) is 29.7 Å². The summed E-state index contributed by atoms with van der Waals surface area (Å²) < 4.78 is 0. The van der Waals surface area contributed by atoms with Gasteiger partial charge in [0.15, 0.2) is 0 Å². The van der Waals surface area contributed by atoms with E-state index in [1.54, 1.807) is 6.92 Å². The molecule has 1 aromatic carbocycles. The highest BCUT2D eigenvalue weighted by molar-refractivity contribution is 5.73. The third kappa shape index (κ3) is 1.84. The van der Waals surface area contributed by atoms with Crippen LogP contribution < -0.4 is 0 Å². The first-order valence-corrected chi connectivity index (χ1v) is 4.98. The number of fused-ring (bicyclic) bond motifs is 1. The van der Waals surface area contributed by atoms with Crippen LogP contribution in [0.3, 0.4) is 0 Å². The Balaban J connectivity index is 2.32. The quantitative estimate of drug-likeness (QED) is 0.636. The van der Waals surface area contributed by atoms with Crippen molar-refractivity contribution in [3.63, 3.8) is 0 Å². The van der Waals surface area contributed by atoms with Crippen molar-refractivity contribution in [2.24, 2.45) is 0 Å². The molecule has 3 nitrogen and oxygen atoms in total. The number of carbonyl (C=O) groups excluding carboxylic acids is 1. The number of nitrogens with zero attached hydrogens (tertiary/aromatic N) is 2. The summed E-state index contributed by atoms with van der Waals surface area (Å²) in [5, 5.41) is 8.78. The first-order chi connectivity index (χ1) is 7.20. The minimum Gasteiger partial charge on any atom is -0.338 e. The highest BCUT2D eigenvalue weighted by Gasteiger charge is 2.17. The second kappa shape index (κ2) is 3.74. The number of carbonyl (C=O) groups is 1. The summed E-state index contributed by atoms with van der Waals surface area (Å²) in [7, 11) is 0. The Hall–Kier alpha value is -1.82. The van der Waals surface area contributed by atoms with Crippen LogP contribution in [0.4, 0.5) is 0 Å². The molecular weight excluding hydrogens is 188 g/mol. The third-order valence-corrected chi connectivity index (χ3v) is 2.79. The van der Waals surface area contributed by atoms with E-state index in [0.29, 0.717) is 12.1 Å². The van der Waals surface area contributed by atoms with E-state index in [1.165, 1.54) is 5.56 Å². The van der Waals surface area contributed by atoms with Gasteiger partial charge in [0.05, 0.1) is 11.6 Å². The number of nitriles is 1. The van der Waals surface area contributed by atoms with Gasteiger partial charge in [-0.25, -0.2) is 0 Å². The van der Waals surface area contributed by atoms with Crippen LogP contribution in [-0.2, 0) is 17.8 Å². The predicted octanol–water partition coefficient (Wildman–Crippen LogP) is 1.46. The molecule has 0 unspecified atom stereocenters. The normalized spacial score (nSPS) is 14.3. The lowest BCUT2D eigenvalue weighted by atomic mass is 9.98. The van der Waals surface area contributed by atoms with Gasteiger partial charge in [0.25, 0.3) is 0 Å². The standard InChI is InChI=1S/C12H12N2O/c1-9(15)14-5-4-11-3-2-10(7-13)6-12(11)8-14/h2-3,6H,4-5,8H2,1H3. The van der Waals surface area contributed by atoms with Gasteiger partial charge in [-0.1, -0.05) is 6.07 Å². The van der Waals surface area contributed by atoms with Crippen molar-refractivity contribution in [3.05, 3.63) is 34.9 Å². The fourth-order valence-electron chi connectivity index (χ4n) is 1.90. The molecule has 0 aromatic heterocycles. The molecule has 2 rings (SSSR count). The van der Waals surface area contributed by atoms with Gasteiger partial charge in [0, 0.05) is 20.0 Å². The average molecular weight is 200 g/mol. The van der Waals surface area contributed by atoms with Crippen LogP contribution in [0.25, 0.3) is 0 Å². The Morgan fingerprint density at radius 3 is 2.93 bits per heavy atom. The van der Waals surface area contributed by atoms with Crippen molar-refractivity contribution < 1.29 is 4.79 Å². The first kappa shape index (κ1) is 9.72. The lowest BCUT2D eigenvalue weighted by molar-refractivity contribution is -0.129. The molecule has 0 fully saturated rings. The van der Waals surface area contributed by atoms with Crippen molar-refractivity contribution >= 4 is 5.91 Å². The zero-order chi connectivity index (χ0) is 10.8. The third-order valence-electron chi connectivity index (χ3n) is 2.79. The van der Waals surface area contributed by atoms with E-state index in [4.69, 9.17) is 5.26 Å². The zero-order valence-corrected chi connectivity index (χ0v) is 8.66. The van der Waals surface area contributed by atoms with Crippen LogP contribution in [0.5, 0.6) is 0 Å². The van der Waals surface area contributed by atoms with E-state index >= 15 is 0 Å². The van der Waals surface area contributed by atoms with Crippen LogP contribution in [0.2, 0.25) is 0 Å². The average Bonchev–Trinajstić information content (AvgIpc) is 2.27. The maximum atomic E-state index is 11.2. The molecule has 0 radical (unpaired) electrons. The summed E-state index contributed by atoms with van der Waals surface area (Å²) in [6.45, 7) is 3.01. The van der Waals surface area contributed by atoms with E-state index in [-0.39, 0.29) is 5.91 Å². The molecule has 0 saturated heterocycles. The summed E-state index contributed by atoms with van der Waals surface area (Å²) in [6.07, 6.45) is 0.890. The van der Waals surface area contributed by atoms with E-state index in [0.717, 1.165) is 18.5 Å². The number of benzene rings is 1. The highest BCUT2D eigenvalue weighted by Crippen LogP contribution is 2.20. The van der Waals surface area contributed by atoms with Crippen LogP contribution in [0.15, 0.2) is 18.2 Å². The second-order valence-electron chi connectivity index (χ2n) is 3.79. The molecule has 1 aromatic rings. The van der Waals surface area contributed by atoms with Crippen molar-refractivity contribution in [1.29, 1.82) is 5.26 Å². The van der Waals surface area contributed by atoms with Gasteiger partial charge in [0.2, 0.25) is 5.91 Å². The van der Waals surface area contributed by atoms with E-state index in [2.05, 4.69) is 6.07 Å². The topological polar surface area (TPSA) is 44.1 Å². The van der Waals surface area contributed by atoms with Crippen molar-refractivity contribution in [3.8, 4) is 6.07 Å². The maximum absolute atomic E-state index is 11.2. The molecule has 0 N–H and O–H groups in total. The molecule has 0 atom stereocenters. The Bertz CT molecular complexity index is 445. The van der Waals surface area contributed by atoms with E-state index < -0.39 is 0 Å². The Labute approximate surface area is 88.9 Å². The van der Waals surface area contributed by atoms with Gasteiger partial charge < -0.3 is 4.90 Å². The van der Waals surface area contributed by atoms with E-state index in [1.807, 2.05) is 23.1 Å². The maximum Gasteiger partial charge on any atom is 0.219 e. The lowest BCUT2D eigenvalue weighted by Gasteiger charge is -2.27. The van der Waals surface area contributed by atoms with Crippen molar-refractivity contribution in [1.82, 2.24) is 4.90 Å². The molecular formula is C12H12N2O. The van der Waals surface area contributed by atoms with Crippen LogP contribution in [0, 0.1) is 11.3 Å². The van der Waals surface area contributed by atoms with Crippen LogP contribution >= 0.6 is 0 Å². The molecule has 1 amide bonds. The summed E-state index contributed by atoms with van der Waals surface area (Å²) >= 11 is 0. The smallest absolute Gasteiger partial charge is 0.219 e. The molecule has 1 aliphatic rings. The van der Waals surface area contributed by atoms with Gasteiger partial charge in [-0.2, -0.15) is 5.26 Å². The van der Waals surface area contributed by atoms with Crippen molar-refractivity contribution in [2.45, 2.75) is 19.9 Å². The molecule has 15 heavy (non-hydrogen) atoms. The minimum absolute atomic E-state index is 0.100. The monoisotopic (exact) mass is 200 g/mol. The largest absolute Gasteiger partial charge is 0.338 e. The SMILES string of the molecule is CC(=O)N1CCc2ccc(C#N)cc2C1. The summed E-state index contributed by atoms with van der Waals surface area (Å²) in [5.74, 6) is 0.100. The summed E-state index contributed by atoms with van der Waals surface area (Å²) in [6, 6.07) is 7.82. The Kier molecular flexibility index (Phi) is 2.42. The molecule has 0 bridgehead atoms. The first-order valence-electron chi connectivity index (χ1n) is 4.98. The molecule has 0 saturated carbocycles.